The van der Waals surface area contributed by atoms with Gasteiger partial charge in [0, 0.05) is 18.9 Å². The molecule has 1 aliphatic rings. The van der Waals surface area contributed by atoms with Crippen molar-refractivity contribution in [3.8, 4) is 0 Å². The van der Waals surface area contributed by atoms with E-state index in [1.807, 2.05) is 6.92 Å². The van der Waals surface area contributed by atoms with Crippen molar-refractivity contribution < 1.29 is 17.4 Å². The number of aryl methyl sites for hydroxylation is 1. The molecule has 0 bridgehead atoms. The van der Waals surface area contributed by atoms with Crippen LogP contribution < -0.4 is 5.32 Å². The molecule has 0 aromatic heterocycles. The zero-order chi connectivity index (χ0) is 13.2. The van der Waals surface area contributed by atoms with Gasteiger partial charge in [-0.2, -0.15) is 8.42 Å². The van der Waals surface area contributed by atoms with Gasteiger partial charge in [-0.1, -0.05) is 17.7 Å². The maximum absolute atomic E-state index is 11.9. The van der Waals surface area contributed by atoms with Crippen LogP contribution in [0.5, 0.6) is 0 Å². The van der Waals surface area contributed by atoms with E-state index >= 15 is 0 Å². The lowest BCUT2D eigenvalue weighted by Crippen LogP contribution is -2.17. The summed E-state index contributed by atoms with van der Waals surface area (Å²) >= 11 is 0. The van der Waals surface area contributed by atoms with Crippen molar-refractivity contribution in [2.24, 2.45) is 5.92 Å². The summed E-state index contributed by atoms with van der Waals surface area (Å²) in [5.74, 6) is -0.131. The van der Waals surface area contributed by atoms with Crippen molar-refractivity contribution in [1.82, 2.24) is 5.32 Å². The number of hydrogen-bond acceptors (Lipinski definition) is 4. The van der Waals surface area contributed by atoms with Crippen LogP contribution in [0.25, 0.3) is 0 Å². The summed E-state index contributed by atoms with van der Waals surface area (Å²) in [5.41, 5.74) is 0.986. The average molecular weight is 269 g/mol. The number of carbonyl (C=O) groups is 1. The van der Waals surface area contributed by atoms with E-state index in [4.69, 9.17) is 4.18 Å². The highest BCUT2D eigenvalue weighted by Crippen LogP contribution is 2.16. The van der Waals surface area contributed by atoms with Crippen molar-refractivity contribution in [3.05, 3.63) is 29.8 Å². The van der Waals surface area contributed by atoms with Crippen LogP contribution in [0, 0.1) is 12.8 Å². The third kappa shape index (κ3) is 3.08. The van der Waals surface area contributed by atoms with E-state index in [1.165, 1.54) is 12.1 Å². The van der Waals surface area contributed by atoms with Crippen molar-refractivity contribution >= 4 is 16.0 Å². The summed E-state index contributed by atoms with van der Waals surface area (Å²) in [7, 11) is -3.72. The molecule has 1 amide bonds. The Bertz CT molecular complexity index is 536. The maximum Gasteiger partial charge on any atom is 0.296 e. The highest BCUT2D eigenvalue weighted by Gasteiger charge is 2.24. The monoisotopic (exact) mass is 269 g/mol. The Balaban J connectivity index is 1.99. The zero-order valence-electron chi connectivity index (χ0n) is 10.0. The Hall–Kier alpha value is -1.40. The van der Waals surface area contributed by atoms with E-state index in [1.54, 1.807) is 12.1 Å². The molecule has 1 heterocycles. The van der Waals surface area contributed by atoms with Crippen LogP contribution in [0.15, 0.2) is 29.2 Å². The number of amides is 1. The standard InChI is InChI=1S/C12H15NO4S/c1-9-2-4-11(5-3-9)18(15,16)17-8-10-6-12(14)13-7-10/h2-5,10H,6-8H2,1H3,(H,13,14)/t10-/m0/s1. The lowest BCUT2D eigenvalue weighted by molar-refractivity contribution is -0.119. The van der Waals surface area contributed by atoms with E-state index in [0.717, 1.165) is 5.56 Å². The van der Waals surface area contributed by atoms with E-state index in [-0.39, 0.29) is 23.3 Å². The number of hydrogen-bond donors (Lipinski definition) is 1. The molecule has 1 aromatic carbocycles. The molecule has 1 saturated heterocycles. The predicted octanol–water partition coefficient (Wildman–Crippen LogP) is 0.836. The fraction of sp³-hybridized carbons (Fsp3) is 0.417. The molecule has 0 unspecified atom stereocenters. The molecular weight excluding hydrogens is 254 g/mol. The molecule has 5 nitrogen and oxygen atoms in total. The number of rotatable bonds is 4. The summed E-state index contributed by atoms with van der Waals surface area (Å²) in [6.07, 6.45) is 0.323. The maximum atomic E-state index is 11.9. The topological polar surface area (TPSA) is 72.5 Å². The number of nitrogens with one attached hydrogen (secondary N) is 1. The van der Waals surface area contributed by atoms with Gasteiger partial charge in [0.1, 0.15) is 0 Å². The molecule has 98 valence electrons. The van der Waals surface area contributed by atoms with Crippen molar-refractivity contribution in [1.29, 1.82) is 0 Å². The molecule has 1 aliphatic heterocycles. The smallest absolute Gasteiger partial charge is 0.296 e. The highest BCUT2D eigenvalue weighted by molar-refractivity contribution is 7.86. The molecule has 18 heavy (non-hydrogen) atoms. The molecule has 0 saturated carbocycles. The van der Waals surface area contributed by atoms with E-state index in [2.05, 4.69) is 5.32 Å². The Morgan fingerprint density at radius 2 is 2.00 bits per heavy atom. The Morgan fingerprint density at radius 1 is 1.33 bits per heavy atom. The minimum Gasteiger partial charge on any atom is -0.356 e. The summed E-state index contributed by atoms with van der Waals surface area (Å²) in [6.45, 7) is 2.39. The SMILES string of the molecule is Cc1ccc(S(=O)(=O)OC[C@@H]2CNC(=O)C2)cc1. The van der Waals surface area contributed by atoms with E-state index < -0.39 is 10.1 Å². The molecule has 0 spiro atoms. The van der Waals surface area contributed by atoms with Gasteiger partial charge < -0.3 is 5.32 Å². The number of benzene rings is 1. The van der Waals surface area contributed by atoms with Gasteiger partial charge in [-0.05, 0) is 19.1 Å². The average Bonchev–Trinajstić information content (AvgIpc) is 2.73. The first-order chi connectivity index (χ1) is 8.47. The molecule has 1 atom stereocenters. The highest BCUT2D eigenvalue weighted by atomic mass is 32.2. The normalized spacial score (nSPS) is 19.8. The van der Waals surface area contributed by atoms with Gasteiger partial charge in [0.25, 0.3) is 10.1 Å². The molecular formula is C12H15NO4S. The molecule has 0 radical (unpaired) electrons. The Morgan fingerprint density at radius 3 is 2.56 bits per heavy atom. The lowest BCUT2D eigenvalue weighted by atomic mass is 10.1. The lowest BCUT2D eigenvalue weighted by Gasteiger charge is -2.09. The van der Waals surface area contributed by atoms with Crippen LogP contribution in [-0.4, -0.2) is 27.5 Å². The predicted molar refractivity (Wildman–Crippen MR) is 65.4 cm³/mol. The molecule has 1 N–H and O–H groups in total. The molecule has 1 fully saturated rings. The van der Waals surface area contributed by atoms with Crippen LogP contribution in [0.1, 0.15) is 12.0 Å². The summed E-state index contributed by atoms with van der Waals surface area (Å²) in [5, 5.41) is 2.64. The third-order valence-corrected chi connectivity index (χ3v) is 4.13. The zero-order valence-corrected chi connectivity index (χ0v) is 10.9. The largest absolute Gasteiger partial charge is 0.356 e. The first-order valence-corrected chi connectivity index (χ1v) is 7.11. The summed E-state index contributed by atoms with van der Waals surface area (Å²) in [4.78, 5) is 11.1. The molecule has 0 aliphatic carbocycles. The number of carbonyl (C=O) groups excluding carboxylic acids is 1. The fourth-order valence-electron chi connectivity index (χ4n) is 1.74. The van der Waals surface area contributed by atoms with Crippen LogP contribution in [-0.2, 0) is 19.1 Å². The van der Waals surface area contributed by atoms with Crippen LogP contribution >= 0.6 is 0 Å². The third-order valence-electron chi connectivity index (χ3n) is 2.83. The summed E-state index contributed by atoms with van der Waals surface area (Å²) in [6, 6.07) is 6.47. The van der Waals surface area contributed by atoms with Gasteiger partial charge in [0.2, 0.25) is 5.91 Å². The minimum absolute atomic E-state index is 0.0367. The second-order valence-electron chi connectivity index (χ2n) is 4.43. The van der Waals surface area contributed by atoms with Gasteiger partial charge >= 0.3 is 0 Å². The van der Waals surface area contributed by atoms with Crippen molar-refractivity contribution in [2.75, 3.05) is 13.2 Å². The second-order valence-corrected chi connectivity index (χ2v) is 6.04. The van der Waals surface area contributed by atoms with Gasteiger partial charge in [0.05, 0.1) is 11.5 Å². The van der Waals surface area contributed by atoms with Gasteiger partial charge in [-0.25, -0.2) is 0 Å². The second kappa shape index (κ2) is 5.07. The van der Waals surface area contributed by atoms with Crippen LogP contribution in [0.2, 0.25) is 0 Å². The first-order valence-electron chi connectivity index (χ1n) is 5.70. The van der Waals surface area contributed by atoms with Crippen LogP contribution in [0.3, 0.4) is 0 Å². The van der Waals surface area contributed by atoms with Crippen molar-refractivity contribution in [3.63, 3.8) is 0 Å². The molecule has 1 aromatic rings. The van der Waals surface area contributed by atoms with Crippen LogP contribution in [0.4, 0.5) is 0 Å². The quantitative estimate of drug-likeness (QED) is 0.822. The van der Waals surface area contributed by atoms with Gasteiger partial charge in [-0.3, -0.25) is 8.98 Å². The Kier molecular flexibility index (Phi) is 3.68. The fourth-order valence-corrected chi connectivity index (χ4v) is 2.72. The van der Waals surface area contributed by atoms with Gasteiger partial charge in [0.15, 0.2) is 0 Å². The van der Waals surface area contributed by atoms with Crippen molar-refractivity contribution in [2.45, 2.75) is 18.2 Å². The van der Waals surface area contributed by atoms with E-state index in [0.29, 0.717) is 13.0 Å². The van der Waals surface area contributed by atoms with E-state index in [9.17, 15) is 13.2 Å². The molecule has 6 heteroatoms. The minimum atomic E-state index is -3.72. The summed E-state index contributed by atoms with van der Waals surface area (Å²) < 4.78 is 28.7. The van der Waals surface area contributed by atoms with Gasteiger partial charge in [-0.15, -0.1) is 0 Å². The first kappa shape index (κ1) is 13.0. The molecule has 2 rings (SSSR count). The Labute approximate surface area is 106 Å².